The van der Waals surface area contributed by atoms with E-state index in [9.17, 15) is 8.42 Å². The van der Waals surface area contributed by atoms with E-state index in [4.69, 9.17) is 5.26 Å². The fourth-order valence-electron chi connectivity index (χ4n) is 2.47. The van der Waals surface area contributed by atoms with E-state index >= 15 is 0 Å². The number of hydrogen-bond donors (Lipinski definition) is 1. The summed E-state index contributed by atoms with van der Waals surface area (Å²) in [5.41, 5.74) is 0.368. The lowest BCUT2D eigenvalue weighted by Crippen LogP contribution is -2.42. The lowest BCUT2D eigenvalue weighted by Gasteiger charge is -2.27. The fraction of sp³-hybridized carbons (Fsp3) is 0.500. The molecule has 0 saturated carbocycles. The molecule has 0 aromatic heterocycles. The largest absolute Gasteiger partial charge is 0.315 e. The molecule has 6 heteroatoms. The lowest BCUT2D eigenvalue weighted by atomic mass is 10.2. The summed E-state index contributed by atoms with van der Waals surface area (Å²) in [6, 6.07) is 8.22. The average Bonchev–Trinajstić information content (AvgIpc) is 2.98. The third kappa shape index (κ3) is 3.01. The van der Waals surface area contributed by atoms with Gasteiger partial charge >= 0.3 is 0 Å². The summed E-state index contributed by atoms with van der Waals surface area (Å²) in [6.45, 7) is 4.01. The molecule has 1 saturated heterocycles. The molecule has 1 N–H and O–H groups in total. The molecule has 0 aliphatic carbocycles. The standard InChI is InChI=1S/C14H19N3O2S/c1-2-8-17(13-6-7-16-11-13)20(18,19)14-5-3-4-12(9-14)10-15/h3-5,9,13,16H,2,6-8,11H2,1H3. The molecular formula is C14H19N3O2S. The first-order valence-electron chi connectivity index (χ1n) is 6.82. The predicted octanol–water partition coefficient (Wildman–Crippen LogP) is 1.32. The van der Waals surface area contributed by atoms with Crippen molar-refractivity contribution in [2.45, 2.75) is 30.7 Å². The fourth-order valence-corrected chi connectivity index (χ4v) is 4.26. The van der Waals surface area contributed by atoms with Crippen LogP contribution in [0.5, 0.6) is 0 Å². The van der Waals surface area contributed by atoms with Gasteiger partial charge in [0, 0.05) is 19.1 Å². The average molecular weight is 293 g/mol. The van der Waals surface area contributed by atoms with E-state index in [0.29, 0.717) is 18.7 Å². The van der Waals surface area contributed by atoms with E-state index in [2.05, 4.69) is 5.32 Å². The van der Waals surface area contributed by atoms with Crippen molar-refractivity contribution >= 4 is 10.0 Å². The van der Waals surface area contributed by atoms with Crippen molar-refractivity contribution in [3.05, 3.63) is 29.8 Å². The van der Waals surface area contributed by atoms with Crippen LogP contribution in [0.3, 0.4) is 0 Å². The summed E-state index contributed by atoms with van der Waals surface area (Å²) in [7, 11) is -3.54. The molecule has 1 aliphatic heterocycles. The maximum Gasteiger partial charge on any atom is 0.243 e. The maximum atomic E-state index is 12.8. The highest BCUT2D eigenvalue weighted by Gasteiger charge is 2.32. The van der Waals surface area contributed by atoms with Crippen LogP contribution in [0.25, 0.3) is 0 Å². The molecule has 1 aromatic rings. The van der Waals surface area contributed by atoms with E-state index in [1.807, 2.05) is 13.0 Å². The highest BCUT2D eigenvalue weighted by molar-refractivity contribution is 7.89. The SMILES string of the molecule is CCCN(C1CCNC1)S(=O)(=O)c1cccc(C#N)c1. The molecule has 1 heterocycles. The van der Waals surface area contributed by atoms with Crippen molar-refractivity contribution < 1.29 is 8.42 Å². The van der Waals surface area contributed by atoms with Gasteiger partial charge in [-0.25, -0.2) is 8.42 Å². The molecule has 0 radical (unpaired) electrons. The van der Waals surface area contributed by atoms with Gasteiger partial charge in [0.25, 0.3) is 0 Å². The summed E-state index contributed by atoms with van der Waals surface area (Å²) in [6.07, 6.45) is 1.60. The molecule has 0 amide bonds. The number of nitrogens with one attached hydrogen (secondary N) is 1. The van der Waals surface area contributed by atoms with Gasteiger partial charge in [-0.3, -0.25) is 0 Å². The molecule has 2 rings (SSSR count). The number of nitrogens with zero attached hydrogens (tertiary/aromatic N) is 2. The van der Waals surface area contributed by atoms with E-state index in [-0.39, 0.29) is 10.9 Å². The van der Waals surface area contributed by atoms with Crippen molar-refractivity contribution in [2.75, 3.05) is 19.6 Å². The second kappa shape index (κ2) is 6.35. The van der Waals surface area contributed by atoms with Gasteiger partial charge in [-0.2, -0.15) is 9.57 Å². The molecule has 108 valence electrons. The summed E-state index contributed by atoms with van der Waals surface area (Å²) in [5, 5.41) is 12.1. The van der Waals surface area contributed by atoms with E-state index in [0.717, 1.165) is 19.4 Å². The van der Waals surface area contributed by atoms with Gasteiger partial charge in [0.05, 0.1) is 16.5 Å². The molecule has 5 nitrogen and oxygen atoms in total. The van der Waals surface area contributed by atoms with Crippen LogP contribution in [0, 0.1) is 11.3 Å². The third-order valence-electron chi connectivity index (χ3n) is 3.46. The van der Waals surface area contributed by atoms with Crippen LogP contribution in [-0.2, 0) is 10.0 Å². The smallest absolute Gasteiger partial charge is 0.243 e. The van der Waals surface area contributed by atoms with Crippen molar-refractivity contribution in [3.63, 3.8) is 0 Å². The number of hydrogen-bond acceptors (Lipinski definition) is 4. The lowest BCUT2D eigenvalue weighted by molar-refractivity contribution is 0.335. The highest BCUT2D eigenvalue weighted by atomic mass is 32.2. The molecule has 20 heavy (non-hydrogen) atoms. The monoisotopic (exact) mass is 293 g/mol. The Balaban J connectivity index is 2.36. The Hall–Kier alpha value is -1.42. The Morgan fingerprint density at radius 2 is 2.30 bits per heavy atom. The van der Waals surface area contributed by atoms with Crippen LogP contribution >= 0.6 is 0 Å². The second-order valence-corrected chi connectivity index (χ2v) is 6.79. The van der Waals surface area contributed by atoms with E-state index in [1.54, 1.807) is 22.5 Å². The van der Waals surface area contributed by atoms with E-state index in [1.165, 1.54) is 6.07 Å². The summed E-state index contributed by atoms with van der Waals surface area (Å²) >= 11 is 0. The van der Waals surface area contributed by atoms with Gasteiger partial charge in [-0.15, -0.1) is 0 Å². The van der Waals surface area contributed by atoms with Crippen molar-refractivity contribution in [1.29, 1.82) is 5.26 Å². The van der Waals surface area contributed by atoms with Crippen LogP contribution in [0.4, 0.5) is 0 Å². The molecule has 0 spiro atoms. The molecule has 1 unspecified atom stereocenters. The van der Waals surface area contributed by atoms with E-state index < -0.39 is 10.0 Å². The van der Waals surface area contributed by atoms with Crippen LogP contribution in [0.15, 0.2) is 29.2 Å². The Kier molecular flexibility index (Phi) is 4.76. The minimum atomic E-state index is -3.54. The summed E-state index contributed by atoms with van der Waals surface area (Å²) in [5.74, 6) is 0. The number of sulfonamides is 1. The summed E-state index contributed by atoms with van der Waals surface area (Å²) < 4.78 is 27.1. The zero-order valence-corrected chi connectivity index (χ0v) is 12.4. The topological polar surface area (TPSA) is 73.2 Å². The Morgan fingerprint density at radius 1 is 1.50 bits per heavy atom. The van der Waals surface area contributed by atoms with Gasteiger partial charge < -0.3 is 5.32 Å². The second-order valence-electron chi connectivity index (χ2n) is 4.90. The van der Waals surface area contributed by atoms with Gasteiger partial charge in [0.2, 0.25) is 10.0 Å². The zero-order valence-electron chi connectivity index (χ0n) is 11.5. The van der Waals surface area contributed by atoms with Gasteiger partial charge in [-0.1, -0.05) is 13.0 Å². The highest BCUT2D eigenvalue weighted by Crippen LogP contribution is 2.22. The predicted molar refractivity (Wildman–Crippen MR) is 76.6 cm³/mol. The van der Waals surface area contributed by atoms with Crippen molar-refractivity contribution in [2.24, 2.45) is 0 Å². The van der Waals surface area contributed by atoms with Gasteiger partial charge in [0.15, 0.2) is 0 Å². The van der Waals surface area contributed by atoms with Crippen LogP contribution in [0.2, 0.25) is 0 Å². The van der Waals surface area contributed by atoms with Crippen molar-refractivity contribution in [1.82, 2.24) is 9.62 Å². The molecule has 0 bridgehead atoms. The molecule has 1 aliphatic rings. The molecular weight excluding hydrogens is 274 g/mol. The minimum absolute atomic E-state index is 0.00527. The Morgan fingerprint density at radius 3 is 2.90 bits per heavy atom. The number of nitriles is 1. The zero-order chi connectivity index (χ0) is 14.6. The molecule has 1 aromatic carbocycles. The Labute approximate surface area is 120 Å². The molecule has 1 fully saturated rings. The number of rotatable bonds is 5. The first kappa shape index (κ1) is 15.0. The molecule has 1 atom stereocenters. The Bertz CT molecular complexity index is 601. The number of benzene rings is 1. The van der Waals surface area contributed by atoms with Crippen LogP contribution < -0.4 is 5.32 Å². The summed E-state index contributed by atoms with van der Waals surface area (Å²) in [4.78, 5) is 0.205. The van der Waals surface area contributed by atoms with Crippen LogP contribution in [0.1, 0.15) is 25.3 Å². The third-order valence-corrected chi connectivity index (χ3v) is 5.40. The maximum absolute atomic E-state index is 12.8. The normalized spacial score (nSPS) is 19.1. The first-order chi connectivity index (χ1) is 9.59. The van der Waals surface area contributed by atoms with Gasteiger partial charge in [0.1, 0.15) is 0 Å². The van der Waals surface area contributed by atoms with Crippen LogP contribution in [-0.4, -0.2) is 38.4 Å². The quantitative estimate of drug-likeness (QED) is 0.888. The first-order valence-corrected chi connectivity index (χ1v) is 8.26. The van der Waals surface area contributed by atoms with Gasteiger partial charge in [-0.05, 0) is 37.6 Å². The minimum Gasteiger partial charge on any atom is -0.315 e. The van der Waals surface area contributed by atoms with Crippen molar-refractivity contribution in [3.8, 4) is 6.07 Å².